The van der Waals surface area contributed by atoms with E-state index < -0.39 is 30.5 Å². The smallest absolute Gasteiger partial charge is 0.266 e. The van der Waals surface area contributed by atoms with Crippen LogP contribution in [-0.4, -0.2) is 23.3 Å². The number of halogens is 3. The van der Waals surface area contributed by atoms with Gasteiger partial charge in [0.05, 0.1) is 0 Å². The molecular weight excluding hydrogens is 157 g/mol. The van der Waals surface area contributed by atoms with Crippen molar-refractivity contribution in [2.75, 3.05) is 0 Å². The molecule has 1 nitrogen and oxygen atoms in total. The Morgan fingerprint density at radius 2 is 2.00 bits per heavy atom. The zero-order valence-corrected chi connectivity index (χ0v) is 6.23. The van der Waals surface area contributed by atoms with Crippen LogP contribution in [0.4, 0.5) is 13.2 Å². The fourth-order valence-corrected chi connectivity index (χ4v) is 1.49. The van der Waals surface area contributed by atoms with Gasteiger partial charge in [-0.15, -0.1) is 0 Å². The summed E-state index contributed by atoms with van der Waals surface area (Å²) in [6.45, 7) is 1.53. The molecule has 0 aliphatic heterocycles. The number of alkyl halides is 3. The Bertz CT molecular complexity index is 139. The van der Waals surface area contributed by atoms with Crippen molar-refractivity contribution in [3.63, 3.8) is 0 Å². The van der Waals surface area contributed by atoms with E-state index >= 15 is 0 Å². The van der Waals surface area contributed by atoms with Gasteiger partial charge >= 0.3 is 0 Å². The first-order valence-electron chi connectivity index (χ1n) is 3.60. The van der Waals surface area contributed by atoms with Crippen molar-refractivity contribution in [3.8, 4) is 0 Å². The minimum absolute atomic E-state index is 0.133. The van der Waals surface area contributed by atoms with E-state index in [0.29, 0.717) is 0 Å². The highest BCUT2D eigenvalue weighted by Crippen LogP contribution is 2.40. The molecule has 1 saturated carbocycles. The molecule has 66 valence electrons. The first-order chi connectivity index (χ1) is 4.96. The number of aliphatic hydroxyl groups is 1. The van der Waals surface area contributed by atoms with E-state index in [9.17, 15) is 13.2 Å². The Balaban J connectivity index is 2.64. The Hall–Kier alpha value is -0.250. The molecule has 0 saturated heterocycles. The van der Waals surface area contributed by atoms with Gasteiger partial charge in [-0.3, -0.25) is 0 Å². The fourth-order valence-electron chi connectivity index (χ4n) is 1.49. The summed E-state index contributed by atoms with van der Waals surface area (Å²) in [6, 6.07) is 0. The maximum Gasteiger partial charge on any atom is 0.266 e. The van der Waals surface area contributed by atoms with Gasteiger partial charge in [-0.05, 0) is 12.3 Å². The molecule has 11 heavy (non-hydrogen) atoms. The van der Waals surface area contributed by atoms with Gasteiger partial charge < -0.3 is 5.11 Å². The predicted octanol–water partition coefficient (Wildman–Crippen LogP) is 1.75. The minimum atomic E-state index is -2.83. The van der Waals surface area contributed by atoms with E-state index in [1.807, 2.05) is 0 Å². The maximum absolute atomic E-state index is 12.7. The molecule has 0 unspecified atom stereocenters. The average molecular weight is 168 g/mol. The molecule has 3 atom stereocenters. The predicted molar refractivity (Wildman–Crippen MR) is 34.2 cm³/mol. The number of rotatable bonds is 1. The van der Waals surface area contributed by atoms with Crippen molar-refractivity contribution in [2.45, 2.75) is 38.0 Å². The third kappa shape index (κ3) is 1.50. The van der Waals surface area contributed by atoms with E-state index in [4.69, 9.17) is 5.11 Å². The van der Waals surface area contributed by atoms with Crippen molar-refractivity contribution < 1.29 is 18.3 Å². The van der Waals surface area contributed by atoms with Crippen LogP contribution in [-0.2, 0) is 0 Å². The number of hydrogen-bond acceptors (Lipinski definition) is 1. The third-order valence-electron chi connectivity index (χ3n) is 2.25. The highest BCUT2D eigenvalue weighted by molar-refractivity contribution is 4.94. The van der Waals surface area contributed by atoms with Gasteiger partial charge in [0.2, 0.25) is 0 Å². The fraction of sp³-hybridized carbons (Fsp3) is 1.00. The summed E-state index contributed by atoms with van der Waals surface area (Å²) in [6.07, 6.45) is -4.67. The molecule has 0 aromatic heterocycles. The molecular formula is C7H11F3O. The highest BCUT2D eigenvalue weighted by atomic mass is 19.3. The average Bonchev–Trinajstić information content (AvgIpc) is 2.09. The molecule has 0 bridgehead atoms. The topological polar surface area (TPSA) is 20.2 Å². The summed E-state index contributed by atoms with van der Waals surface area (Å²) < 4.78 is 36.8. The molecule has 0 radical (unpaired) electrons. The lowest BCUT2D eigenvalue weighted by Gasteiger charge is -2.20. The van der Waals surface area contributed by atoms with E-state index in [-0.39, 0.29) is 6.42 Å². The molecule has 1 fully saturated rings. The SMILES string of the molecule is C[C@@H]1C[C@](O)(C(F)F)C[C@@H]1F. The van der Waals surface area contributed by atoms with Crippen LogP contribution in [0.25, 0.3) is 0 Å². The Labute approximate surface area is 63.2 Å². The quantitative estimate of drug-likeness (QED) is 0.632. The van der Waals surface area contributed by atoms with Gasteiger partial charge in [0.15, 0.2) is 0 Å². The Kier molecular flexibility index (Phi) is 2.14. The van der Waals surface area contributed by atoms with Crippen LogP contribution < -0.4 is 0 Å². The molecule has 1 aliphatic rings. The third-order valence-corrected chi connectivity index (χ3v) is 2.25. The lowest BCUT2D eigenvalue weighted by molar-refractivity contribution is -0.0946. The molecule has 1 N–H and O–H groups in total. The summed E-state index contributed by atoms with van der Waals surface area (Å²) in [4.78, 5) is 0. The summed E-state index contributed by atoms with van der Waals surface area (Å²) in [7, 11) is 0. The summed E-state index contributed by atoms with van der Waals surface area (Å²) in [5, 5.41) is 9.12. The molecule has 1 rings (SSSR count). The van der Waals surface area contributed by atoms with Gasteiger partial charge in [-0.25, -0.2) is 13.2 Å². The van der Waals surface area contributed by atoms with Crippen LogP contribution in [0.5, 0.6) is 0 Å². The molecule has 1 aliphatic carbocycles. The van der Waals surface area contributed by atoms with Gasteiger partial charge in [0, 0.05) is 6.42 Å². The van der Waals surface area contributed by atoms with Gasteiger partial charge in [0.1, 0.15) is 11.8 Å². The molecule has 0 spiro atoms. The van der Waals surface area contributed by atoms with Crippen molar-refractivity contribution in [1.29, 1.82) is 0 Å². The molecule has 0 amide bonds. The van der Waals surface area contributed by atoms with Crippen LogP contribution in [0.1, 0.15) is 19.8 Å². The Morgan fingerprint density at radius 3 is 2.18 bits per heavy atom. The second-order valence-corrected chi connectivity index (χ2v) is 3.31. The van der Waals surface area contributed by atoms with E-state index in [1.54, 1.807) is 0 Å². The lowest BCUT2D eigenvalue weighted by Crippen LogP contribution is -2.34. The minimum Gasteiger partial charge on any atom is -0.384 e. The van der Waals surface area contributed by atoms with Gasteiger partial charge in [-0.1, -0.05) is 6.92 Å². The summed E-state index contributed by atoms with van der Waals surface area (Å²) in [5.41, 5.74) is -2.07. The second-order valence-electron chi connectivity index (χ2n) is 3.31. The molecule has 4 heteroatoms. The van der Waals surface area contributed by atoms with Crippen molar-refractivity contribution in [2.24, 2.45) is 5.92 Å². The monoisotopic (exact) mass is 168 g/mol. The first-order valence-corrected chi connectivity index (χ1v) is 3.60. The molecule has 0 aromatic carbocycles. The normalized spacial score (nSPS) is 45.3. The standard InChI is InChI=1S/C7H11F3O/c1-4-2-7(11,6(9)10)3-5(4)8/h4-6,11H,2-3H2,1H3/t4-,5+,7-/m1/s1. The zero-order valence-electron chi connectivity index (χ0n) is 6.23. The summed E-state index contributed by atoms with van der Waals surface area (Å²) in [5.74, 6) is -0.450. The lowest BCUT2D eigenvalue weighted by atomic mass is 10.0. The van der Waals surface area contributed by atoms with Crippen LogP contribution in [0.15, 0.2) is 0 Å². The molecule has 0 aromatic rings. The van der Waals surface area contributed by atoms with Crippen molar-refractivity contribution in [1.82, 2.24) is 0 Å². The van der Waals surface area contributed by atoms with Crippen LogP contribution >= 0.6 is 0 Å². The van der Waals surface area contributed by atoms with E-state index in [2.05, 4.69) is 0 Å². The largest absolute Gasteiger partial charge is 0.384 e. The highest BCUT2D eigenvalue weighted by Gasteiger charge is 2.48. The summed E-state index contributed by atoms with van der Waals surface area (Å²) >= 11 is 0. The van der Waals surface area contributed by atoms with Crippen LogP contribution in [0.3, 0.4) is 0 Å². The van der Waals surface area contributed by atoms with Crippen molar-refractivity contribution >= 4 is 0 Å². The van der Waals surface area contributed by atoms with Crippen LogP contribution in [0.2, 0.25) is 0 Å². The first kappa shape index (κ1) is 8.84. The van der Waals surface area contributed by atoms with Crippen LogP contribution in [0, 0.1) is 5.92 Å². The van der Waals surface area contributed by atoms with E-state index in [0.717, 1.165) is 0 Å². The van der Waals surface area contributed by atoms with Crippen molar-refractivity contribution in [3.05, 3.63) is 0 Å². The van der Waals surface area contributed by atoms with Gasteiger partial charge in [-0.2, -0.15) is 0 Å². The zero-order chi connectivity index (χ0) is 8.65. The maximum atomic E-state index is 12.7. The molecule has 0 heterocycles. The second kappa shape index (κ2) is 2.66. The Morgan fingerprint density at radius 1 is 1.45 bits per heavy atom. The van der Waals surface area contributed by atoms with E-state index in [1.165, 1.54) is 6.92 Å². The number of hydrogen-bond donors (Lipinski definition) is 1. The van der Waals surface area contributed by atoms with Gasteiger partial charge in [0.25, 0.3) is 6.43 Å².